The summed E-state index contributed by atoms with van der Waals surface area (Å²) < 4.78 is 0.995. The van der Waals surface area contributed by atoms with Crippen molar-refractivity contribution in [3.05, 3.63) is 68.7 Å². The van der Waals surface area contributed by atoms with E-state index in [0.29, 0.717) is 18.5 Å². The molecule has 2 rings (SSSR count). The fourth-order valence-corrected chi connectivity index (χ4v) is 2.07. The van der Waals surface area contributed by atoms with Gasteiger partial charge in [0.1, 0.15) is 0 Å². The van der Waals surface area contributed by atoms with Crippen LogP contribution in [0.1, 0.15) is 16.8 Å². The lowest BCUT2D eigenvalue weighted by atomic mass is 10.1. The van der Waals surface area contributed by atoms with Crippen LogP contribution in [-0.2, 0) is 0 Å². The van der Waals surface area contributed by atoms with E-state index < -0.39 is 4.92 Å². The van der Waals surface area contributed by atoms with Crippen LogP contribution in [0.3, 0.4) is 0 Å². The first-order valence-electron chi connectivity index (χ1n) is 6.33. The lowest BCUT2D eigenvalue weighted by molar-refractivity contribution is -0.384. The lowest BCUT2D eigenvalue weighted by Gasteiger charge is -2.06. The van der Waals surface area contributed by atoms with E-state index >= 15 is 0 Å². The van der Waals surface area contributed by atoms with Crippen LogP contribution in [0, 0.1) is 10.1 Å². The SMILES string of the molecule is O=C(CCNc1ccc(Br)cc1)c1ccc([N+](=O)[O-])cc1. The van der Waals surface area contributed by atoms with Crippen molar-refractivity contribution in [1.82, 2.24) is 0 Å². The number of nitro groups is 1. The topological polar surface area (TPSA) is 72.2 Å². The number of nitrogens with one attached hydrogen (secondary N) is 1. The molecule has 0 saturated carbocycles. The number of rotatable bonds is 6. The Kier molecular flexibility index (Phi) is 5.05. The quantitative estimate of drug-likeness (QED) is 0.485. The monoisotopic (exact) mass is 348 g/mol. The molecule has 0 atom stereocenters. The van der Waals surface area contributed by atoms with Crippen LogP contribution in [0.15, 0.2) is 53.0 Å². The number of benzene rings is 2. The number of ketones is 1. The average Bonchev–Trinajstić information content (AvgIpc) is 2.49. The summed E-state index contributed by atoms with van der Waals surface area (Å²) in [5, 5.41) is 13.7. The molecular weight excluding hydrogens is 336 g/mol. The van der Waals surface area contributed by atoms with E-state index in [1.54, 1.807) is 0 Å². The molecule has 0 spiro atoms. The zero-order valence-corrected chi connectivity index (χ0v) is 12.7. The minimum absolute atomic E-state index is 0.0143. The Hall–Kier alpha value is -2.21. The summed E-state index contributed by atoms with van der Waals surface area (Å²) in [6.07, 6.45) is 0.327. The molecule has 0 aliphatic heterocycles. The van der Waals surface area contributed by atoms with Gasteiger partial charge in [0.15, 0.2) is 5.78 Å². The number of carbonyl (C=O) groups is 1. The Bertz CT molecular complexity index is 639. The molecule has 0 amide bonds. The van der Waals surface area contributed by atoms with Gasteiger partial charge in [0.2, 0.25) is 0 Å². The molecule has 2 aromatic rings. The predicted octanol–water partition coefficient (Wildman–Crippen LogP) is 4.04. The highest BCUT2D eigenvalue weighted by atomic mass is 79.9. The second kappa shape index (κ2) is 6.99. The smallest absolute Gasteiger partial charge is 0.269 e. The van der Waals surface area contributed by atoms with E-state index in [4.69, 9.17) is 0 Å². The highest BCUT2D eigenvalue weighted by molar-refractivity contribution is 9.10. The zero-order valence-electron chi connectivity index (χ0n) is 11.1. The van der Waals surface area contributed by atoms with E-state index in [2.05, 4.69) is 21.2 Å². The molecular formula is C15H13BrN2O3. The van der Waals surface area contributed by atoms with Crippen molar-refractivity contribution in [1.29, 1.82) is 0 Å². The van der Waals surface area contributed by atoms with Gasteiger partial charge in [0, 0.05) is 40.8 Å². The molecule has 1 N–H and O–H groups in total. The summed E-state index contributed by atoms with van der Waals surface area (Å²) in [4.78, 5) is 22.0. The van der Waals surface area contributed by atoms with Crippen molar-refractivity contribution in [2.24, 2.45) is 0 Å². The van der Waals surface area contributed by atoms with Gasteiger partial charge >= 0.3 is 0 Å². The number of halogens is 1. The van der Waals surface area contributed by atoms with Crippen molar-refractivity contribution in [3.63, 3.8) is 0 Å². The van der Waals surface area contributed by atoms with Crippen molar-refractivity contribution in [2.45, 2.75) is 6.42 Å². The van der Waals surface area contributed by atoms with Gasteiger partial charge in [-0.25, -0.2) is 0 Å². The van der Waals surface area contributed by atoms with Gasteiger partial charge in [-0.3, -0.25) is 14.9 Å². The third-order valence-electron chi connectivity index (χ3n) is 2.93. The Morgan fingerprint density at radius 2 is 1.71 bits per heavy atom. The highest BCUT2D eigenvalue weighted by Crippen LogP contribution is 2.15. The standard InChI is InChI=1S/C15H13BrN2O3/c16-12-3-5-13(6-4-12)17-10-9-15(19)11-1-7-14(8-2-11)18(20)21/h1-8,17H,9-10H2. The van der Waals surface area contributed by atoms with Crippen LogP contribution in [0.5, 0.6) is 0 Å². The second-order valence-corrected chi connectivity index (χ2v) is 5.33. The maximum atomic E-state index is 12.0. The molecule has 108 valence electrons. The maximum Gasteiger partial charge on any atom is 0.269 e. The number of non-ortho nitro benzene ring substituents is 1. The zero-order chi connectivity index (χ0) is 15.2. The summed E-state index contributed by atoms with van der Waals surface area (Å²) in [5.74, 6) is -0.0468. The summed E-state index contributed by atoms with van der Waals surface area (Å²) in [6.45, 7) is 0.511. The molecule has 5 nitrogen and oxygen atoms in total. The van der Waals surface area contributed by atoms with E-state index in [-0.39, 0.29) is 11.5 Å². The summed E-state index contributed by atoms with van der Waals surface area (Å²) >= 11 is 3.35. The Morgan fingerprint density at radius 1 is 1.10 bits per heavy atom. The van der Waals surface area contributed by atoms with Crippen molar-refractivity contribution in [2.75, 3.05) is 11.9 Å². The third kappa shape index (κ3) is 4.39. The number of nitrogens with zero attached hydrogens (tertiary/aromatic N) is 1. The van der Waals surface area contributed by atoms with Crippen LogP contribution < -0.4 is 5.32 Å². The summed E-state index contributed by atoms with van der Waals surface area (Å²) in [7, 11) is 0. The second-order valence-electron chi connectivity index (χ2n) is 4.41. The first-order chi connectivity index (χ1) is 10.1. The van der Waals surface area contributed by atoms with Crippen LogP contribution in [0.4, 0.5) is 11.4 Å². The van der Waals surface area contributed by atoms with Crippen molar-refractivity contribution < 1.29 is 9.72 Å². The van der Waals surface area contributed by atoms with Crippen LogP contribution in [0.2, 0.25) is 0 Å². The number of carbonyl (C=O) groups excluding carboxylic acids is 1. The molecule has 0 bridgehead atoms. The molecule has 0 aliphatic carbocycles. The molecule has 0 saturated heterocycles. The van der Waals surface area contributed by atoms with E-state index in [1.165, 1.54) is 24.3 Å². The van der Waals surface area contributed by atoms with Crippen LogP contribution >= 0.6 is 15.9 Å². The first-order valence-corrected chi connectivity index (χ1v) is 7.12. The van der Waals surface area contributed by atoms with Crippen molar-refractivity contribution in [3.8, 4) is 0 Å². The number of anilines is 1. The summed E-state index contributed by atoms with van der Waals surface area (Å²) in [5.41, 5.74) is 1.41. The average molecular weight is 349 g/mol. The van der Waals surface area contributed by atoms with Gasteiger partial charge in [-0.05, 0) is 36.4 Å². The summed E-state index contributed by atoms with van der Waals surface area (Å²) in [6, 6.07) is 13.3. The van der Waals surface area contributed by atoms with Gasteiger partial charge in [-0.2, -0.15) is 0 Å². The first kappa shape index (κ1) is 15.2. The van der Waals surface area contributed by atoms with Gasteiger partial charge in [0.25, 0.3) is 5.69 Å². The van der Waals surface area contributed by atoms with E-state index in [9.17, 15) is 14.9 Å². The third-order valence-corrected chi connectivity index (χ3v) is 3.45. The normalized spacial score (nSPS) is 10.1. The molecule has 0 aliphatic rings. The fourth-order valence-electron chi connectivity index (χ4n) is 1.80. The number of nitro benzene ring substituents is 1. The lowest BCUT2D eigenvalue weighted by Crippen LogP contribution is -2.08. The molecule has 0 aromatic heterocycles. The Morgan fingerprint density at radius 3 is 2.29 bits per heavy atom. The molecule has 0 heterocycles. The number of hydrogen-bond acceptors (Lipinski definition) is 4. The molecule has 2 aromatic carbocycles. The van der Waals surface area contributed by atoms with Crippen LogP contribution in [0.25, 0.3) is 0 Å². The maximum absolute atomic E-state index is 12.0. The van der Waals surface area contributed by atoms with Crippen molar-refractivity contribution >= 4 is 33.1 Å². The van der Waals surface area contributed by atoms with E-state index in [0.717, 1.165) is 10.2 Å². The van der Waals surface area contributed by atoms with E-state index in [1.807, 2.05) is 24.3 Å². The predicted molar refractivity (Wildman–Crippen MR) is 84.7 cm³/mol. The largest absolute Gasteiger partial charge is 0.385 e. The number of Topliss-reactive ketones (excluding diaryl/α,β-unsaturated/α-hetero) is 1. The Labute approximate surface area is 130 Å². The molecule has 6 heteroatoms. The van der Waals surface area contributed by atoms with Gasteiger partial charge in [-0.1, -0.05) is 15.9 Å². The minimum atomic E-state index is -0.483. The molecule has 0 radical (unpaired) electrons. The van der Waals surface area contributed by atoms with Gasteiger partial charge in [0.05, 0.1) is 4.92 Å². The number of hydrogen-bond donors (Lipinski definition) is 1. The van der Waals surface area contributed by atoms with Gasteiger partial charge < -0.3 is 5.32 Å². The van der Waals surface area contributed by atoms with Crippen LogP contribution in [-0.4, -0.2) is 17.3 Å². The molecule has 21 heavy (non-hydrogen) atoms. The highest BCUT2D eigenvalue weighted by Gasteiger charge is 2.09. The fraction of sp³-hybridized carbons (Fsp3) is 0.133. The molecule has 0 unspecified atom stereocenters. The van der Waals surface area contributed by atoms with Gasteiger partial charge in [-0.15, -0.1) is 0 Å². The minimum Gasteiger partial charge on any atom is -0.385 e. The molecule has 0 fully saturated rings. The Balaban J connectivity index is 1.86.